The van der Waals surface area contributed by atoms with Crippen LogP contribution in [0.5, 0.6) is 0 Å². The second-order valence-electron chi connectivity index (χ2n) is 1.92. The molecule has 2 rings (SSSR count). The van der Waals surface area contributed by atoms with Gasteiger partial charge in [0.1, 0.15) is 4.60 Å². The Kier molecular flexibility index (Phi) is 0.649. The lowest BCUT2D eigenvalue weighted by molar-refractivity contribution is 0.949. The number of hydrogen-bond donors (Lipinski definition) is 0. The van der Waals surface area contributed by atoms with Gasteiger partial charge >= 0.3 is 0 Å². The van der Waals surface area contributed by atoms with E-state index in [0.717, 1.165) is 0 Å². The van der Waals surface area contributed by atoms with Crippen LogP contribution in [0.25, 0.3) is 0 Å². The Balaban J connectivity index is 2.89. The highest BCUT2D eigenvalue weighted by Crippen LogP contribution is 2.21. The maximum absolute atomic E-state index is 7.90. The third-order valence-electron chi connectivity index (χ3n) is 1.17. The minimum absolute atomic E-state index is 0.0924. The van der Waals surface area contributed by atoms with Crippen LogP contribution >= 0.6 is 15.9 Å². The summed E-state index contributed by atoms with van der Waals surface area (Å²) in [5.74, 6) is 0. The molecule has 3 heteroatoms. The van der Waals surface area contributed by atoms with Gasteiger partial charge in [-0.05, 0) is 40.8 Å². The predicted molar refractivity (Wildman–Crippen MR) is 53.4 cm³/mol. The minimum Gasteiger partial charge on any atom is -0.371 e. The number of rotatable bonds is 1. The van der Waals surface area contributed by atoms with Crippen molar-refractivity contribution in [2.75, 3.05) is 17.9 Å². The van der Waals surface area contributed by atoms with Crippen LogP contribution in [0.15, 0.2) is 22.9 Å². The van der Waals surface area contributed by atoms with Gasteiger partial charge in [-0.1, -0.05) is 0 Å². The highest BCUT2D eigenvalue weighted by atomic mass is 79.9. The van der Waals surface area contributed by atoms with Gasteiger partial charge in [0.05, 0.1) is 4.11 Å². The Labute approximate surface area is 96.2 Å². The molecule has 0 N–H and O–H groups in total. The standard InChI is InChI=1S/C9H11BrN2/c10-9-7-8(3-4-11-9)12-5-1-2-6-12/h3-4,7H,1-2,5-6H2/i1D2,2D2,3D,4D,5D2,6D2,7D. The summed E-state index contributed by atoms with van der Waals surface area (Å²) in [7, 11) is 0. The fourth-order valence-electron chi connectivity index (χ4n) is 0.706. The summed E-state index contributed by atoms with van der Waals surface area (Å²) in [4.78, 5) is 3.61. The molecule has 0 unspecified atom stereocenters. The third-order valence-corrected chi connectivity index (χ3v) is 1.55. The lowest BCUT2D eigenvalue weighted by atomic mass is 10.4. The molecule has 1 aliphatic heterocycles. The molecular formula is C9H11BrN2. The van der Waals surface area contributed by atoms with Crippen LogP contribution in [-0.4, -0.2) is 18.0 Å². The first-order chi connectivity index (χ1) is 10.1. The molecule has 0 amide bonds. The SMILES string of the molecule is [2H]c1nc(Br)c([2H])c(N2C([2H])([2H])C([2H])([2H])C([2H])([2H])C2([2H])[2H])c1[2H]. The molecule has 12 heavy (non-hydrogen) atoms. The van der Waals surface area contributed by atoms with Crippen molar-refractivity contribution in [3.05, 3.63) is 22.9 Å². The zero-order chi connectivity index (χ0) is 18.2. The Hall–Kier alpha value is -0.570. The van der Waals surface area contributed by atoms with Gasteiger partial charge in [-0.3, -0.25) is 0 Å². The van der Waals surface area contributed by atoms with Crippen LogP contribution in [-0.2, 0) is 0 Å². The molecule has 0 aliphatic carbocycles. The highest BCUT2D eigenvalue weighted by molar-refractivity contribution is 9.10. The molecule has 0 atom stereocenters. The van der Waals surface area contributed by atoms with Gasteiger partial charge in [0.15, 0.2) is 0 Å². The number of anilines is 1. The Morgan fingerprint density at radius 3 is 3.08 bits per heavy atom. The van der Waals surface area contributed by atoms with E-state index in [1.54, 1.807) is 0 Å². The molecule has 0 spiro atoms. The lowest BCUT2D eigenvalue weighted by Gasteiger charge is -2.16. The third kappa shape index (κ3) is 1.61. The van der Waals surface area contributed by atoms with Gasteiger partial charge in [0.25, 0.3) is 0 Å². The maximum Gasteiger partial charge on any atom is 0.108 e. The van der Waals surface area contributed by atoms with Gasteiger partial charge < -0.3 is 4.90 Å². The van der Waals surface area contributed by atoms with Crippen LogP contribution in [0.3, 0.4) is 0 Å². The van der Waals surface area contributed by atoms with Gasteiger partial charge in [-0.15, -0.1) is 0 Å². The summed E-state index contributed by atoms with van der Waals surface area (Å²) in [5.41, 5.74) is -0.739. The van der Waals surface area contributed by atoms with Crippen LogP contribution in [0.2, 0.25) is 0 Å². The van der Waals surface area contributed by atoms with Crippen LogP contribution in [0.4, 0.5) is 5.69 Å². The van der Waals surface area contributed by atoms with E-state index in [2.05, 4.69) is 20.9 Å². The Morgan fingerprint density at radius 2 is 2.33 bits per heavy atom. The normalized spacial score (nSPS) is 47.1. The number of nitrogens with zero attached hydrogens (tertiary/aromatic N) is 2. The fourth-order valence-corrected chi connectivity index (χ4v) is 0.983. The Morgan fingerprint density at radius 1 is 1.58 bits per heavy atom. The van der Waals surface area contributed by atoms with Gasteiger partial charge in [-0.2, -0.15) is 0 Å². The molecule has 1 aromatic rings. The first-order valence-corrected chi connectivity index (χ1v) is 3.85. The lowest BCUT2D eigenvalue weighted by Crippen LogP contribution is -2.17. The Bertz CT molecular complexity index is 622. The van der Waals surface area contributed by atoms with Crippen molar-refractivity contribution in [3.8, 4) is 0 Å². The number of pyridine rings is 1. The van der Waals surface area contributed by atoms with Crippen molar-refractivity contribution >= 4 is 21.6 Å². The van der Waals surface area contributed by atoms with Crippen molar-refractivity contribution in [2.24, 2.45) is 0 Å². The van der Waals surface area contributed by atoms with Crippen LogP contribution in [0, 0.1) is 0 Å². The molecule has 0 saturated carbocycles. The summed E-state index contributed by atoms with van der Waals surface area (Å²) in [6, 6.07) is -1.42. The zero-order valence-electron chi connectivity index (χ0n) is 16.8. The molecule has 2 nitrogen and oxygen atoms in total. The average molecular weight is 238 g/mol. The molecule has 1 saturated heterocycles. The summed E-state index contributed by atoms with van der Waals surface area (Å²) >= 11 is 2.85. The molecule has 0 radical (unpaired) electrons. The van der Waals surface area contributed by atoms with Crippen molar-refractivity contribution in [3.63, 3.8) is 0 Å². The topological polar surface area (TPSA) is 16.1 Å². The van der Waals surface area contributed by atoms with E-state index in [1.165, 1.54) is 0 Å². The van der Waals surface area contributed by atoms with Crippen molar-refractivity contribution in [1.82, 2.24) is 4.98 Å². The van der Waals surface area contributed by atoms with Crippen molar-refractivity contribution < 1.29 is 15.1 Å². The molecule has 64 valence electrons. The van der Waals surface area contributed by atoms with E-state index in [1.807, 2.05) is 0 Å². The molecule has 1 fully saturated rings. The van der Waals surface area contributed by atoms with Gasteiger partial charge in [0.2, 0.25) is 0 Å². The first-order valence-electron chi connectivity index (χ1n) is 8.56. The molecule has 0 aromatic carbocycles. The smallest absolute Gasteiger partial charge is 0.108 e. The highest BCUT2D eigenvalue weighted by Gasteiger charge is 2.11. The number of aromatic nitrogens is 1. The second-order valence-corrected chi connectivity index (χ2v) is 2.67. The monoisotopic (exact) mass is 237 g/mol. The summed E-state index contributed by atoms with van der Waals surface area (Å²) in [6.45, 7) is -6.42. The fraction of sp³-hybridized carbons (Fsp3) is 0.444. The van der Waals surface area contributed by atoms with E-state index in [0.29, 0.717) is 0 Å². The average Bonchev–Trinajstić information content (AvgIpc) is 2.45. The number of halogens is 1. The molecule has 1 aliphatic rings. The van der Waals surface area contributed by atoms with Crippen LogP contribution in [0.1, 0.15) is 27.8 Å². The van der Waals surface area contributed by atoms with Gasteiger partial charge in [0, 0.05) is 35.8 Å². The van der Waals surface area contributed by atoms with Crippen molar-refractivity contribution in [2.45, 2.75) is 12.7 Å². The van der Waals surface area contributed by atoms with E-state index in [-0.39, 0.29) is 9.50 Å². The largest absolute Gasteiger partial charge is 0.371 e. The quantitative estimate of drug-likeness (QED) is 0.698. The predicted octanol–water partition coefficient (Wildman–Crippen LogP) is 2.44. The van der Waals surface area contributed by atoms with E-state index in [9.17, 15) is 0 Å². The van der Waals surface area contributed by atoms with Crippen molar-refractivity contribution in [1.29, 1.82) is 0 Å². The number of hydrogen-bond acceptors (Lipinski definition) is 2. The summed E-state index contributed by atoms with van der Waals surface area (Å²) in [5, 5.41) is 0. The summed E-state index contributed by atoms with van der Waals surface area (Å²) < 4.78 is 85.4. The van der Waals surface area contributed by atoms with E-state index >= 15 is 0 Å². The molecule has 2 heterocycles. The molecule has 0 bridgehead atoms. The van der Waals surface area contributed by atoms with E-state index in [4.69, 9.17) is 15.1 Å². The molecular weight excluding hydrogens is 216 g/mol. The minimum atomic E-state index is -3.28. The second kappa shape index (κ2) is 3.44. The van der Waals surface area contributed by atoms with Gasteiger partial charge in [-0.25, -0.2) is 4.98 Å². The summed E-state index contributed by atoms with van der Waals surface area (Å²) in [6.07, 6.45) is -7.23. The maximum atomic E-state index is 7.90. The molecule has 1 aromatic heterocycles. The van der Waals surface area contributed by atoms with E-state index < -0.39 is 49.7 Å². The first kappa shape index (κ1) is 2.27. The zero-order valence-corrected chi connectivity index (χ0v) is 7.36. The van der Waals surface area contributed by atoms with Crippen LogP contribution < -0.4 is 4.90 Å².